The molecule has 1 amide bonds. The van der Waals surface area contributed by atoms with E-state index in [-0.39, 0.29) is 33.4 Å². The van der Waals surface area contributed by atoms with Crippen molar-refractivity contribution in [1.29, 1.82) is 0 Å². The van der Waals surface area contributed by atoms with Crippen LogP contribution in [0.5, 0.6) is 5.75 Å². The molecule has 2 rings (SSSR count). The number of hydrogen-bond acceptors (Lipinski definition) is 3. The Balaban J connectivity index is 2.04. The van der Waals surface area contributed by atoms with E-state index in [1.54, 1.807) is 19.1 Å². The standard InChI is InChI=1S/C15H12Cl2F2N2O2/c1-8(9-2-4-11(5-3-9)23-15(18)19)21-14(22)10-6-12(16)13(17)20-7-10/h2-8,15H,1H3,(H,21,22)/t8-/m0/s1. The summed E-state index contributed by atoms with van der Waals surface area (Å²) in [6.45, 7) is -1.12. The Labute approximate surface area is 141 Å². The van der Waals surface area contributed by atoms with Crippen molar-refractivity contribution in [2.24, 2.45) is 0 Å². The molecule has 0 bridgehead atoms. The van der Waals surface area contributed by atoms with Gasteiger partial charge in [0.1, 0.15) is 10.9 Å². The Bertz CT molecular complexity index is 696. The average Bonchev–Trinajstić information content (AvgIpc) is 2.50. The summed E-state index contributed by atoms with van der Waals surface area (Å²) >= 11 is 11.5. The minimum Gasteiger partial charge on any atom is -0.435 e. The highest BCUT2D eigenvalue weighted by Crippen LogP contribution is 2.21. The molecule has 0 spiro atoms. The first-order chi connectivity index (χ1) is 10.9. The number of ether oxygens (including phenoxy) is 1. The van der Waals surface area contributed by atoms with Gasteiger partial charge in [-0.15, -0.1) is 0 Å². The van der Waals surface area contributed by atoms with Gasteiger partial charge in [-0.2, -0.15) is 8.78 Å². The molecule has 8 heteroatoms. The molecule has 2 aromatic rings. The van der Waals surface area contributed by atoms with Gasteiger partial charge in [-0.3, -0.25) is 4.79 Å². The van der Waals surface area contributed by atoms with Gasteiger partial charge in [0.2, 0.25) is 0 Å². The van der Waals surface area contributed by atoms with E-state index < -0.39 is 6.61 Å². The molecule has 0 saturated carbocycles. The van der Waals surface area contributed by atoms with Crippen LogP contribution < -0.4 is 10.1 Å². The Kier molecular flexibility index (Phi) is 5.74. The topological polar surface area (TPSA) is 51.2 Å². The molecule has 0 aliphatic rings. The molecule has 0 radical (unpaired) electrons. The van der Waals surface area contributed by atoms with E-state index in [2.05, 4.69) is 15.0 Å². The molecule has 0 aliphatic heterocycles. The van der Waals surface area contributed by atoms with Gasteiger partial charge in [0.15, 0.2) is 0 Å². The third-order valence-electron chi connectivity index (χ3n) is 3.01. The van der Waals surface area contributed by atoms with Crippen LogP contribution in [0, 0.1) is 0 Å². The molecule has 1 aromatic carbocycles. The number of rotatable bonds is 5. The number of nitrogens with zero attached hydrogens (tertiary/aromatic N) is 1. The number of carbonyl (C=O) groups is 1. The predicted molar refractivity (Wildman–Crippen MR) is 83.2 cm³/mol. The highest BCUT2D eigenvalue weighted by Gasteiger charge is 2.14. The van der Waals surface area contributed by atoms with Crippen molar-refractivity contribution in [3.8, 4) is 5.75 Å². The fraction of sp³-hybridized carbons (Fsp3) is 0.200. The Hall–Kier alpha value is -1.92. The summed E-state index contributed by atoms with van der Waals surface area (Å²) in [5.41, 5.74) is 0.997. The lowest BCUT2D eigenvalue weighted by atomic mass is 10.1. The lowest BCUT2D eigenvalue weighted by molar-refractivity contribution is -0.0498. The number of carbonyl (C=O) groups excluding carboxylic acids is 1. The van der Waals surface area contributed by atoms with Crippen LogP contribution in [0.1, 0.15) is 28.9 Å². The highest BCUT2D eigenvalue weighted by atomic mass is 35.5. The van der Waals surface area contributed by atoms with Crippen molar-refractivity contribution in [2.75, 3.05) is 0 Å². The second kappa shape index (κ2) is 7.57. The fourth-order valence-electron chi connectivity index (χ4n) is 1.85. The molecule has 0 fully saturated rings. The minimum atomic E-state index is -2.87. The number of aromatic nitrogens is 1. The number of alkyl halides is 2. The zero-order chi connectivity index (χ0) is 17.0. The molecule has 0 unspecified atom stereocenters. The van der Waals surface area contributed by atoms with Crippen LogP contribution in [0.25, 0.3) is 0 Å². The molecule has 4 nitrogen and oxygen atoms in total. The normalized spacial score (nSPS) is 12.1. The van der Waals surface area contributed by atoms with E-state index in [1.165, 1.54) is 24.4 Å². The summed E-state index contributed by atoms with van der Waals surface area (Å²) in [5.74, 6) is -0.326. The van der Waals surface area contributed by atoms with Gasteiger partial charge >= 0.3 is 6.61 Å². The summed E-state index contributed by atoms with van der Waals surface area (Å²) in [5, 5.41) is 3.05. The van der Waals surface area contributed by atoms with Crippen LogP contribution in [0.3, 0.4) is 0 Å². The van der Waals surface area contributed by atoms with E-state index in [4.69, 9.17) is 23.2 Å². The number of benzene rings is 1. The molecule has 1 atom stereocenters. The molecular formula is C15H12Cl2F2N2O2. The third-order valence-corrected chi connectivity index (χ3v) is 3.70. The average molecular weight is 361 g/mol. The maximum Gasteiger partial charge on any atom is 0.387 e. The number of amides is 1. The number of hydrogen-bond donors (Lipinski definition) is 1. The van der Waals surface area contributed by atoms with E-state index >= 15 is 0 Å². The monoisotopic (exact) mass is 360 g/mol. The largest absolute Gasteiger partial charge is 0.435 e. The van der Waals surface area contributed by atoms with Crippen LogP contribution >= 0.6 is 23.2 Å². The van der Waals surface area contributed by atoms with Crippen molar-refractivity contribution in [2.45, 2.75) is 19.6 Å². The first-order valence-electron chi connectivity index (χ1n) is 6.53. The van der Waals surface area contributed by atoms with E-state index in [0.717, 1.165) is 5.56 Å². The van der Waals surface area contributed by atoms with Crippen LogP contribution in [0.2, 0.25) is 10.2 Å². The summed E-state index contributed by atoms with van der Waals surface area (Å²) in [6.07, 6.45) is 1.32. The van der Waals surface area contributed by atoms with Gasteiger partial charge in [0.05, 0.1) is 16.6 Å². The summed E-state index contributed by atoms with van der Waals surface area (Å²) in [6, 6.07) is 7.07. The van der Waals surface area contributed by atoms with Gasteiger partial charge in [0, 0.05) is 6.20 Å². The first kappa shape index (κ1) is 17.4. The van der Waals surface area contributed by atoms with Gasteiger partial charge in [-0.1, -0.05) is 35.3 Å². The lowest BCUT2D eigenvalue weighted by Gasteiger charge is -2.15. The molecule has 1 aromatic heterocycles. The number of nitrogens with one attached hydrogen (secondary N) is 1. The molecule has 122 valence electrons. The Morgan fingerprint density at radius 1 is 1.26 bits per heavy atom. The molecule has 1 heterocycles. The Morgan fingerprint density at radius 2 is 1.91 bits per heavy atom. The predicted octanol–water partition coefficient (Wildman–Crippen LogP) is 4.48. The van der Waals surface area contributed by atoms with Crippen LogP contribution in [0.15, 0.2) is 36.5 Å². The molecule has 23 heavy (non-hydrogen) atoms. The zero-order valence-corrected chi connectivity index (χ0v) is 13.4. The quantitative estimate of drug-likeness (QED) is 0.799. The van der Waals surface area contributed by atoms with Gasteiger partial charge in [0.25, 0.3) is 5.91 Å². The van der Waals surface area contributed by atoms with E-state index in [0.29, 0.717) is 0 Å². The molecule has 1 N–H and O–H groups in total. The highest BCUT2D eigenvalue weighted by molar-refractivity contribution is 6.41. The van der Waals surface area contributed by atoms with Crippen molar-refractivity contribution >= 4 is 29.1 Å². The fourth-order valence-corrected chi connectivity index (χ4v) is 2.12. The summed E-state index contributed by atoms with van der Waals surface area (Å²) in [7, 11) is 0. The first-order valence-corrected chi connectivity index (χ1v) is 7.29. The second-order valence-electron chi connectivity index (χ2n) is 4.64. The van der Waals surface area contributed by atoms with Crippen molar-refractivity contribution in [1.82, 2.24) is 10.3 Å². The lowest BCUT2D eigenvalue weighted by Crippen LogP contribution is -2.26. The van der Waals surface area contributed by atoms with Crippen molar-refractivity contribution in [3.63, 3.8) is 0 Å². The summed E-state index contributed by atoms with van der Waals surface area (Å²) < 4.78 is 28.5. The smallest absolute Gasteiger partial charge is 0.387 e. The number of halogens is 4. The second-order valence-corrected chi connectivity index (χ2v) is 5.40. The van der Waals surface area contributed by atoms with Crippen LogP contribution in [0.4, 0.5) is 8.78 Å². The maximum absolute atomic E-state index is 12.1. The molecule has 0 saturated heterocycles. The summed E-state index contributed by atoms with van der Waals surface area (Å²) in [4.78, 5) is 15.9. The molecular weight excluding hydrogens is 349 g/mol. The van der Waals surface area contributed by atoms with E-state index in [9.17, 15) is 13.6 Å². The van der Waals surface area contributed by atoms with Gasteiger partial charge in [-0.25, -0.2) is 4.98 Å². The Morgan fingerprint density at radius 3 is 2.48 bits per heavy atom. The third kappa shape index (κ3) is 4.77. The van der Waals surface area contributed by atoms with Gasteiger partial charge in [-0.05, 0) is 30.7 Å². The minimum absolute atomic E-state index is 0.0518. The van der Waals surface area contributed by atoms with E-state index in [1.807, 2.05) is 0 Å². The van der Waals surface area contributed by atoms with Crippen LogP contribution in [-0.4, -0.2) is 17.5 Å². The van der Waals surface area contributed by atoms with Crippen molar-refractivity contribution < 1.29 is 18.3 Å². The number of pyridine rings is 1. The SMILES string of the molecule is C[C@H](NC(=O)c1cnc(Cl)c(Cl)c1)c1ccc(OC(F)F)cc1. The van der Waals surface area contributed by atoms with Crippen molar-refractivity contribution in [3.05, 3.63) is 57.8 Å². The maximum atomic E-state index is 12.1. The van der Waals surface area contributed by atoms with Crippen LogP contribution in [-0.2, 0) is 0 Å². The van der Waals surface area contributed by atoms with Gasteiger partial charge < -0.3 is 10.1 Å². The zero-order valence-electron chi connectivity index (χ0n) is 11.9. The molecule has 0 aliphatic carbocycles.